The second-order valence-electron chi connectivity index (χ2n) is 7.23. The molecule has 0 saturated heterocycles. The van der Waals surface area contributed by atoms with E-state index in [1.54, 1.807) is 24.3 Å². The van der Waals surface area contributed by atoms with Crippen molar-refractivity contribution in [1.29, 1.82) is 0 Å². The van der Waals surface area contributed by atoms with Gasteiger partial charge in [0.1, 0.15) is 0 Å². The maximum absolute atomic E-state index is 12.7. The van der Waals surface area contributed by atoms with Gasteiger partial charge >= 0.3 is 0 Å². The van der Waals surface area contributed by atoms with Crippen molar-refractivity contribution in [1.82, 2.24) is 5.48 Å². The molecule has 3 aromatic carbocycles. The van der Waals surface area contributed by atoms with Gasteiger partial charge in [-0.3, -0.25) is 14.4 Å². The summed E-state index contributed by atoms with van der Waals surface area (Å²) in [6.45, 7) is 4.04. The van der Waals surface area contributed by atoms with Crippen LogP contribution in [0.15, 0.2) is 84.9 Å². The molecule has 0 aliphatic rings. The molecule has 2 N–H and O–H groups in total. The fourth-order valence-corrected chi connectivity index (χ4v) is 2.80. The average Bonchev–Trinajstić information content (AvgIpc) is 2.75. The maximum Gasteiger partial charge on any atom is 0.274 e. The summed E-state index contributed by atoms with van der Waals surface area (Å²) in [6.07, 6.45) is 0. The summed E-state index contributed by atoms with van der Waals surface area (Å²) >= 11 is 0. The van der Waals surface area contributed by atoms with Gasteiger partial charge in [0.15, 0.2) is 0 Å². The minimum atomic E-state index is -0.678. The molecule has 148 valence electrons. The van der Waals surface area contributed by atoms with E-state index in [0.717, 1.165) is 11.1 Å². The molecular weight excluding hydrogens is 364 g/mol. The minimum absolute atomic E-state index is 0.118. The van der Waals surface area contributed by atoms with Crippen LogP contribution in [0, 0.1) is 0 Å². The van der Waals surface area contributed by atoms with E-state index in [9.17, 15) is 9.59 Å². The Morgan fingerprint density at radius 1 is 0.828 bits per heavy atom. The Morgan fingerprint density at radius 3 is 2.03 bits per heavy atom. The third kappa shape index (κ3) is 5.30. The van der Waals surface area contributed by atoms with Gasteiger partial charge in [0.05, 0.1) is 12.0 Å². The molecule has 0 aliphatic carbocycles. The van der Waals surface area contributed by atoms with E-state index < -0.39 is 5.41 Å². The fraction of sp³-hybridized carbons (Fsp3) is 0.167. The van der Waals surface area contributed by atoms with E-state index in [2.05, 4.69) is 10.8 Å². The number of amides is 2. The lowest BCUT2D eigenvalue weighted by atomic mass is 9.83. The van der Waals surface area contributed by atoms with Crippen LogP contribution >= 0.6 is 0 Å². The van der Waals surface area contributed by atoms with Crippen LogP contribution < -0.4 is 10.8 Å². The fourth-order valence-electron chi connectivity index (χ4n) is 2.80. The summed E-state index contributed by atoms with van der Waals surface area (Å²) in [7, 11) is 0. The van der Waals surface area contributed by atoms with Gasteiger partial charge in [-0.1, -0.05) is 60.7 Å². The first-order valence-corrected chi connectivity index (χ1v) is 9.40. The molecule has 0 aromatic heterocycles. The third-order valence-corrected chi connectivity index (χ3v) is 4.71. The average molecular weight is 388 g/mol. The molecule has 3 aromatic rings. The molecule has 0 saturated carbocycles. The lowest BCUT2D eigenvalue weighted by Crippen LogP contribution is -2.34. The van der Waals surface area contributed by atoms with Gasteiger partial charge in [0, 0.05) is 11.3 Å². The standard InChI is InChI=1S/C24H24N2O3/c1-24(2,20-11-7-4-8-12-20)23(28)25-21-15-13-19(14-16-21)22(27)26-29-17-18-9-5-3-6-10-18/h3-16H,17H2,1-2H3,(H,25,28)(H,26,27). The van der Waals surface area contributed by atoms with Gasteiger partial charge < -0.3 is 5.32 Å². The second kappa shape index (κ2) is 9.17. The summed E-state index contributed by atoms with van der Waals surface area (Å²) in [5, 5.41) is 2.91. The van der Waals surface area contributed by atoms with Gasteiger partial charge in [-0.15, -0.1) is 0 Å². The van der Waals surface area contributed by atoms with Crippen molar-refractivity contribution in [3.63, 3.8) is 0 Å². The number of hydrogen-bond donors (Lipinski definition) is 2. The number of anilines is 1. The number of rotatable bonds is 7. The third-order valence-electron chi connectivity index (χ3n) is 4.71. The van der Waals surface area contributed by atoms with Crippen LogP contribution in [0.2, 0.25) is 0 Å². The van der Waals surface area contributed by atoms with Crippen molar-refractivity contribution in [3.05, 3.63) is 102 Å². The van der Waals surface area contributed by atoms with Crippen molar-refractivity contribution in [2.24, 2.45) is 0 Å². The molecule has 0 fully saturated rings. The summed E-state index contributed by atoms with van der Waals surface area (Å²) in [5.41, 5.74) is 4.72. The molecule has 0 radical (unpaired) electrons. The quantitative estimate of drug-likeness (QED) is 0.587. The molecule has 0 bridgehead atoms. The van der Waals surface area contributed by atoms with E-state index in [1.807, 2.05) is 74.5 Å². The maximum atomic E-state index is 12.7. The molecule has 0 aliphatic heterocycles. The number of carbonyl (C=O) groups excluding carboxylic acids is 2. The van der Waals surface area contributed by atoms with Crippen molar-refractivity contribution in [3.8, 4) is 0 Å². The monoisotopic (exact) mass is 388 g/mol. The number of benzene rings is 3. The molecule has 3 rings (SSSR count). The van der Waals surface area contributed by atoms with E-state index in [-0.39, 0.29) is 18.4 Å². The minimum Gasteiger partial charge on any atom is -0.325 e. The molecule has 5 heteroatoms. The lowest BCUT2D eigenvalue weighted by Gasteiger charge is -2.24. The van der Waals surface area contributed by atoms with E-state index in [1.165, 1.54) is 0 Å². The molecule has 0 spiro atoms. The first-order chi connectivity index (χ1) is 14.0. The van der Waals surface area contributed by atoms with Gasteiger partial charge in [-0.05, 0) is 49.2 Å². The Balaban J connectivity index is 1.55. The van der Waals surface area contributed by atoms with Crippen LogP contribution in [0.25, 0.3) is 0 Å². The van der Waals surface area contributed by atoms with Crippen molar-refractivity contribution in [2.45, 2.75) is 25.9 Å². The normalized spacial score (nSPS) is 11.0. The van der Waals surface area contributed by atoms with Crippen LogP contribution in [0.1, 0.15) is 35.3 Å². The Kier molecular flexibility index (Phi) is 6.42. The molecule has 0 atom stereocenters. The van der Waals surface area contributed by atoms with Crippen LogP contribution in [0.3, 0.4) is 0 Å². The van der Waals surface area contributed by atoms with E-state index in [4.69, 9.17) is 4.84 Å². The van der Waals surface area contributed by atoms with Crippen LogP contribution in [-0.4, -0.2) is 11.8 Å². The van der Waals surface area contributed by atoms with Crippen molar-refractivity contribution < 1.29 is 14.4 Å². The van der Waals surface area contributed by atoms with Crippen LogP contribution in [0.4, 0.5) is 5.69 Å². The molecule has 5 nitrogen and oxygen atoms in total. The van der Waals surface area contributed by atoms with Crippen LogP contribution in [-0.2, 0) is 21.7 Å². The van der Waals surface area contributed by atoms with E-state index in [0.29, 0.717) is 11.3 Å². The summed E-state index contributed by atoms with van der Waals surface area (Å²) in [5.74, 6) is -0.462. The van der Waals surface area contributed by atoms with Gasteiger partial charge in [0.2, 0.25) is 5.91 Å². The van der Waals surface area contributed by atoms with Crippen molar-refractivity contribution in [2.75, 3.05) is 5.32 Å². The molecule has 29 heavy (non-hydrogen) atoms. The number of hydroxylamine groups is 1. The highest BCUT2D eigenvalue weighted by atomic mass is 16.6. The zero-order chi connectivity index (χ0) is 20.7. The summed E-state index contributed by atoms with van der Waals surface area (Å²) in [6, 6.07) is 25.9. The van der Waals surface area contributed by atoms with Gasteiger partial charge in [-0.25, -0.2) is 5.48 Å². The zero-order valence-corrected chi connectivity index (χ0v) is 16.5. The Bertz CT molecular complexity index is 952. The zero-order valence-electron chi connectivity index (χ0n) is 16.5. The molecular formula is C24H24N2O3. The first-order valence-electron chi connectivity index (χ1n) is 9.40. The molecule has 0 heterocycles. The largest absolute Gasteiger partial charge is 0.325 e. The molecule has 2 amide bonds. The summed E-state index contributed by atoms with van der Waals surface area (Å²) < 4.78 is 0. The highest BCUT2D eigenvalue weighted by molar-refractivity contribution is 5.99. The van der Waals surface area contributed by atoms with Crippen LogP contribution in [0.5, 0.6) is 0 Å². The van der Waals surface area contributed by atoms with Gasteiger partial charge in [-0.2, -0.15) is 0 Å². The lowest BCUT2D eigenvalue weighted by molar-refractivity contribution is -0.120. The predicted molar refractivity (Wildman–Crippen MR) is 113 cm³/mol. The number of hydrogen-bond acceptors (Lipinski definition) is 3. The Labute approximate surface area is 170 Å². The van der Waals surface area contributed by atoms with Crippen molar-refractivity contribution >= 4 is 17.5 Å². The van der Waals surface area contributed by atoms with Gasteiger partial charge in [0.25, 0.3) is 5.91 Å². The predicted octanol–water partition coefficient (Wildman–Crippen LogP) is 4.46. The highest BCUT2D eigenvalue weighted by Crippen LogP contribution is 2.25. The Morgan fingerprint density at radius 2 is 1.41 bits per heavy atom. The second-order valence-corrected chi connectivity index (χ2v) is 7.23. The summed E-state index contributed by atoms with van der Waals surface area (Å²) in [4.78, 5) is 30.2. The van der Waals surface area contributed by atoms with E-state index >= 15 is 0 Å². The molecule has 0 unspecified atom stereocenters. The highest BCUT2D eigenvalue weighted by Gasteiger charge is 2.29. The smallest absolute Gasteiger partial charge is 0.274 e. The topological polar surface area (TPSA) is 67.4 Å². The first kappa shape index (κ1) is 20.3. The number of nitrogens with one attached hydrogen (secondary N) is 2. The number of carbonyl (C=O) groups is 2. The Hall–Kier alpha value is -3.44. The SMILES string of the molecule is CC(C)(C(=O)Nc1ccc(C(=O)NOCc2ccccc2)cc1)c1ccccc1.